The number of carbonyl (C=O) groups is 1. The largest absolute Gasteiger partial charge is 0.459 e. The van der Waals surface area contributed by atoms with Gasteiger partial charge in [-0.05, 0) is 76.4 Å². The van der Waals surface area contributed by atoms with Crippen molar-refractivity contribution in [1.82, 2.24) is 0 Å². The lowest BCUT2D eigenvalue weighted by atomic mass is 9.86. The minimum Gasteiger partial charge on any atom is -0.459 e. The summed E-state index contributed by atoms with van der Waals surface area (Å²) in [7, 11) is -2.01. The Morgan fingerprint density at radius 2 is 1.63 bits per heavy atom. The Morgan fingerprint density at radius 3 is 2.29 bits per heavy atom. The Kier molecular flexibility index (Phi) is 9.40. The third-order valence-corrected chi connectivity index (χ3v) is 13.8. The van der Waals surface area contributed by atoms with E-state index in [1.807, 2.05) is 13.8 Å². The number of carbonyl (C=O) groups excluding carboxylic acids is 1. The maximum atomic E-state index is 13.3. The molecule has 0 saturated carbocycles. The molecular weight excluding hydrogens is 504 g/mol. The average Bonchev–Trinajstić information content (AvgIpc) is 3.13. The van der Waals surface area contributed by atoms with Crippen LogP contribution < -0.4 is 0 Å². The van der Waals surface area contributed by atoms with Crippen LogP contribution in [0.1, 0.15) is 92.9 Å². The van der Waals surface area contributed by atoms with Crippen LogP contribution in [0.3, 0.4) is 0 Å². The second-order valence-corrected chi connectivity index (χ2v) is 18.9. The van der Waals surface area contributed by atoms with Gasteiger partial charge in [0.1, 0.15) is 12.2 Å². The summed E-state index contributed by atoms with van der Waals surface area (Å²) in [5.74, 6) is -0.647. The highest BCUT2D eigenvalue weighted by Crippen LogP contribution is 2.40. The molecule has 0 spiro atoms. The molecule has 0 aliphatic carbocycles. The van der Waals surface area contributed by atoms with Gasteiger partial charge in [-0.2, -0.15) is 0 Å². The molecule has 4 aliphatic heterocycles. The second-order valence-electron chi connectivity index (χ2n) is 14.2. The molecule has 0 amide bonds. The molecule has 4 saturated heterocycles. The third-order valence-electron chi connectivity index (χ3n) is 9.31. The summed E-state index contributed by atoms with van der Waals surface area (Å²) < 4.78 is 37.8. The fourth-order valence-corrected chi connectivity index (χ4v) is 7.47. The lowest BCUT2D eigenvalue weighted by Gasteiger charge is -2.44. The number of esters is 1. The Balaban J connectivity index is 1.54. The molecule has 0 aromatic rings. The predicted molar refractivity (Wildman–Crippen MR) is 146 cm³/mol. The molecule has 9 heteroatoms. The van der Waals surface area contributed by atoms with Crippen molar-refractivity contribution in [3.8, 4) is 0 Å². The summed E-state index contributed by atoms with van der Waals surface area (Å²) in [6.45, 7) is 17.6. The number of hydrogen-bond acceptors (Lipinski definition) is 8. The lowest BCUT2D eigenvalue weighted by molar-refractivity contribution is -0.185. The fourth-order valence-electron chi connectivity index (χ4n) is 6.09. The maximum absolute atomic E-state index is 13.3. The Morgan fingerprint density at radius 1 is 0.921 bits per heavy atom. The second kappa shape index (κ2) is 11.7. The highest BCUT2D eigenvalue weighted by Gasteiger charge is 2.45. The maximum Gasteiger partial charge on any atom is 0.308 e. The number of rotatable bonds is 3. The van der Waals surface area contributed by atoms with Crippen LogP contribution in [0.2, 0.25) is 18.1 Å². The first kappa shape index (κ1) is 30.4. The molecule has 0 aromatic carbocycles. The molecule has 0 aromatic heterocycles. The topological polar surface area (TPSA) is 92.7 Å². The molecule has 0 unspecified atom stereocenters. The van der Waals surface area contributed by atoms with Gasteiger partial charge >= 0.3 is 5.97 Å². The number of cyclic esters (lactones) is 1. The van der Waals surface area contributed by atoms with Crippen molar-refractivity contribution < 1.29 is 38.0 Å². The number of ether oxygens (including phenoxy) is 5. The fraction of sp³-hybridized carbons (Fsp3) is 0.966. The van der Waals surface area contributed by atoms with E-state index >= 15 is 0 Å². The zero-order valence-electron chi connectivity index (χ0n) is 24.9. The summed E-state index contributed by atoms with van der Waals surface area (Å²) in [5, 5.41) is 11.2. The normalized spacial score (nSPS) is 41.3. The summed E-state index contributed by atoms with van der Waals surface area (Å²) >= 11 is 0. The van der Waals surface area contributed by atoms with Crippen LogP contribution in [0.4, 0.5) is 0 Å². The third kappa shape index (κ3) is 7.80. The molecule has 4 bridgehead atoms. The Bertz CT molecular complexity index is 811. The average molecular weight is 557 g/mol. The molecule has 4 rings (SSSR count). The Labute approximate surface area is 230 Å². The smallest absolute Gasteiger partial charge is 0.308 e. The first-order valence-corrected chi connectivity index (χ1v) is 17.7. The van der Waals surface area contributed by atoms with Crippen LogP contribution >= 0.6 is 0 Å². The molecular formula is C29H52O8Si. The summed E-state index contributed by atoms with van der Waals surface area (Å²) in [6, 6.07) is 0. The van der Waals surface area contributed by atoms with Crippen molar-refractivity contribution >= 4 is 14.3 Å². The molecule has 4 aliphatic rings. The summed E-state index contributed by atoms with van der Waals surface area (Å²) in [4.78, 5) is 13.3. The van der Waals surface area contributed by atoms with E-state index < -0.39 is 26.3 Å². The number of fused-ring (bicyclic) bond motifs is 4. The van der Waals surface area contributed by atoms with Crippen molar-refractivity contribution in [3.05, 3.63) is 0 Å². The number of aliphatic hydroxyl groups excluding tert-OH is 1. The van der Waals surface area contributed by atoms with Gasteiger partial charge in [-0.1, -0.05) is 27.7 Å². The van der Waals surface area contributed by atoms with Crippen LogP contribution in [0.25, 0.3) is 0 Å². The molecule has 0 radical (unpaired) electrons. The van der Waals surface area contributed by atoms with E-state index in [-0.39, 0.29) is 54.1 Å². The van der Waals surface area contributed by atoms with Gasteiger partial charge in [0, 0.05) is 12.5 Å². The van der Waals surface area contributed by atoms with E-state index in [1.165, 1.54) is 0 Å². The predicted octanol–water partition coefficient (Wildman–Crippen LogP) is 5.11. The first-order chi connectivity index (χ1) is 17.6. The highest BCUT2D eigenvalue weighted by molar-refractivity contribution is 6.74. The Hall–Kier alpha value is -0.553. The zero-order chi connectivity index (χ0) is 27.9. The molecule has 220 valence electrons. The number of aliphatic hydroxyl groups is 1. The minimum absolute atomic E-state index is 0.00931. The van der Waals surface area contributed by atoms with Crippen molar-refractivity contribution in [2.24, 2.45) is 5.92 Å². The van der Waals surface area contributed by atoms with E-state index in [0.29, 0.717) is 38.2 Å². The van der Waals surface area contributed by atoms with Gasteiger partial charge in [0.25, 0.3) is 0 Å². The van der Waals surface area contributed by atoms with E-state index in [0.717, 1.165) is 19.3 Å². The van der Waals surface area contributed by atoms with E-state index in [1.54, 1.807) is 0 Å². The van der Waals surface area contributed by atoms with Crippen LogP contribution in [-0.4, -0.2) is 80.6 Å². The standard InChI is InChI=1S/C29H52O8Si/c1-18-9-10-20-15-25(26-17-32-29(5,6)36-26)35-27(31)16-22-14-23(37-38(7,8)28(2,3)4)13-21(33-22)11-19(30)12-24(18)34-20/h18-26,30H,9-17H2,1-8H3/t18-,19-,20-,21+,22+,23+,24+,25+,26+/m0/s1. The first-order valence-electron chi connectivity index (χ1n) is 14.8. The van der Waals surface area contributed by atoms with Crippen LogP contribution in [0, 0.1) is 5.92 Å². The molecule has 38 heavy (non-hydrogen) atoms. The minimum atomic E-state index is -2.01. The molecule has 8 nitrogen and oxygen atoms in total. The molecule has 9 atom stereocenters. The van der Waals surface area contributed by atoms with Crippen molar-refractivity contribution in [2.45, 2.75) is 166 Å². The van der Waals surface area contributed by atoms with Crippen molar-refractivity contribution in [3.63, 3.8) is 0 Å². The van der Waals surface area contributed by atoms with Crippen LogP contribution in [-0.2, 0) is 32.9 Å². The van der Waals surface area contributed by atoms with Gasteiger partial charge in [-0.15, -0.1) is 0 Å². The zero-order valence-corrected chi connectivity index (χ0v) is 25.9. The van der Waals surface area contributed by atoms with E-state index in [2.05, 4.69) is 40.8 Å². The quantitative estimate of drug-likeness (QED) is 0.379. The van der Waals surface area contributed by atoms with Gasteiger partial charge in [0.2, 0.25) is 0 Å². The van der Waals surface area contributed by atoms with Gasteiger partial charge in [0.05, 0.1) is 43.5 Å². The van der Waals surface area contributed by atoms with Gasteiger partial charge in [0.15, 0.2) is 14.1 Å². The SMILES string of the molecule is C[C@H]1CC[C@H]2C[C@H]([C@H]3COC(C)(C)O3)OC(=O)C[C@H]3C[C@H](O[Si](C)(C)C(C)(C)C)C[C@@H](C[C@H](O)C[C@H]1O2)O3. The highest BCUT2D eigenvalue weighted by atomic mass is 28.4. The summed E-state index contributed by atoms with van der Waals surface area (Å²) in [6.07, 6.45) is 3.19. The van der Waals surface area contributed by atoms with Gasteiger partial charge < -0.3 is 33.2 Å². The molecule has 1 N–H and O–H groups in total. The number of hydrogen-bond donors (Lipinski definition) is 1. The monoisotopic (exact) mass is 556 g/mol. The lowest BCUT2D eigenvalue weighted by Crippen LogP contribution is -2.49. The summed E-state index contributed by atoms with van der Waals surface area (Å²) in [5.41, 5.74) is 0. The molecule has 4 heterocycles. The van der Waals surface area contributed by atoms with Crippen LogP contribution in [0.15, 0.2) is 0 Å². The van der Waals surface area contributed by atoms with Gasteiger partial charge in [-0.25, -0.2) is 0 Å². The van der Waals surface area contributed by atoms with E-state index in [9.17, 15) is 9.90 Å². The van der Waals surface area contributed by atoms with E-state index in [4.69, 9.17) is 28.1 Å². The van der Waals surface area contributed by atoms with Crippen molar-refractivity contribution in [2.75, 3.05) is 6.61 Å². The van der Waals surface area contributed by atoms with Crippen LogP contribution in [0.5, 0.6) is 0 Å². The van der Waals surface area contributed by atoms with Crippen molar-refractivity contribution in [1.29, 1.82) is 0 Å². The van der Waals surface area contributed by atoms with Gasteiger partial charge in [-0.3, -0.25) is 4.79 Å². The molecule has 4 fully saturated rings.